The lowest BCUT2D eigenvalue weighted by Crippen LogP contribution is -2.32. The van der Waals surface area contributed by atoms with Crippen molar-refractivity contribution in [1.29, 1.82) is 0 Å². The third-order valence-corrected chi connectivity index (χ3v) is 5.27. The van der Waals surface area contributed by atoms with Gasteiger partial charge in [-0.3, -0.25) is 0 Å². The van der Waals surface area contributed by atoms with E-state index < -0.39 is 5.82 Å². The minimum absolute atomic E-state index is 0.0653. The van der Waals surface area contributed by atoms with Crippen LogP contribution >= 0.6 is 47.2 Å². The Hall–Kier alpha value is -1.01. The minimum atomic E-state index is -0.450. The van der Waals surface area contributed by atoms with Gasteiger partial charge in [0.05, 0.1) is 5.02 Å². The molecular formula is C17H17Cl2FN2S2. The summed E-state index contributed by atoms with van der Waals surface area (Å²) in [7, 11) is 0. The van der Waals surface area contributed by atoms with E-state index >= 15 is 0 Å². The average Bonchev–Trinajstić information content (AvgIpc) is 2.56. The Labute approximate surface area is 161 Å². The van der Waals surface area contributed by atoms with Crippen molar-refractivity contribution in [3.8, 4) is 0 Å². The molecule has 0 unspecified atom stereocenters. The molecule has 0 aliphatic heterocycles. The first-order chi connectivity index (χ1) is 11.4. The van der Waals surface area contributed by atoms with E-state index in [4.69, 9.17) is 35.4 Å². The predicted octanol–water partition coefficient (Wildman–Crippen LogP) is 5.85. The van der Waals surface area contributed by atoms with Gasteiger partial charge in [-0.25, -0.2) is 4.39 Å². The summed E-state index contributed by atoms with van der Waals surface area (Å²) in [6, 6.07) is 12.2. The summed E-state index contributed by atoms with van der Waals surface area (Å²) in [6.07, 6.45) is 0. The Bertz CT molecular complexity index is 695. The van der Waals surface area contributed by atoms with Gasteiger partial charge in [0.15, 0.2) is 5.11 Å². The van der Waals surface area contributed by atoms with E-state index in [0.29, 0.717) is 16.7 Å². The molecule has 2 N–H and O–H groups in total. The van der Waals surface area contributed by atoms with Crippen molar-refractivity contribution in [3.63, 3.8) is 0 Å². The van der Waals surface area contributed by atoms with Crippen LogP contribution in [0.15, 0.2) is 47.4 Å². The van der Waals surface area contributed by atoms with Crippen LogP contribution in [0.5, 0.6) is 0 Å². The van der Waals surface area contributed by atoms with Crippen molar-refractivity contribution in [2.45, 2.75) is 11.8 Å². The molecule has 2 rings (SSSR count). The Morgan fingerprint density at radius 2 is 1.92 bits per heavy atom. The monoisotopic (exact) mass is 402 g/mol. The van der Waals surface area contributed by atoms with Crippen LogP contribution in [-0.4, -0.2) is 17.4 Å². The molecule has 2 nitrogen and oxygen atoms in total. The number of hydrogen-bond donors (Lipinski definition) is 2. The Balaban J connectivity index is 1.72. The molecule has 0 spiro atoms. The Morgan fingerprint density at radius 1 is 1.21 bits per heavy atom. The number of halogens is 3. The highest BCUT2D eigenvalue weighted by molar-refractivity contribution is 7.99. The number of hydrogen-bond acceptors (Lipinski definition) is 2. The number of nitrogens with one attached hydrogen (secondary N) is 2. The summed E-state index contributed by atoms with van der Waals surface area (Å²) < 4.78 is 13.1. The fraction of sp³-hybridized carbons (Fsp3) is 0.235. The molecule has 0 radical (unpaired) electrons. The van der Waals surface area contributed by atoms with E-state index in [2.05, 4.69) is 17.6 Å². The summed E-state index contributed by atoms with van der Waals surface area (Å²) in [5.74, 6) is 0.927. The molecule has 128 valence electrons. The highest BCUT2D eigenvalue weighted by Crippen LogP contribution is 2.22. The van der Waals surface area contributed by atoms with Crippen molar-refractivity contribution < 1.29 is 4.39 Å². The number of rotatable bonds is 6. The third kappa shape index (κ3) is 6.48. The standard InChI is InChI=1S/C17H17Cl2FN2S2/c1-11(10-24-14-5-2-12(18)3-6-14)9-21-17(23)22-13-4-7-16(20)15(19)8-13/h2-8,11H,9-10H2,1H3,(H2,21,22,23)/t11-/m1/s1. The number of benzene rings is 2. The molecule has 7 heteroatoms. The van der Waals surface area contributed by atoms with E-state index in [-0.39, 0.29) is 5.02 Å². The molecule has 0 heterocycles. The molecule has 0 fully saturated rings. The van der Waals surface area contributed by atoms with Crippen molar-refractivity contribution in [1.82, 2.24) is 5.32 Å². The fourth-order valence-corrected chi connectivity index (χ4v) is 3.28. The third-order valence-electron chi connectivity index (χ3n) is 3.14. The molecule has 0 aromatic heterocycles. The lowest BCUT2D eigenvalue weighted by Gasteiger charge is -2.15. The first-order valence-corrected chi connectivity index (χ1v) is 9.47. The molecule has 0 amide bonds. The first-order valence-electron chi connectivity index (χ1n) is 7.32. The summed E-state index contributed by atoms with van der Waals surface area (Å²) in [6.45, 7) is 2.88. The molecule has 0 saturated heterocycles. The number of thioether (sulfide) groups is 1. The van der Waals surface area contributed by atoms with Gasteiger partial charge in [-0.1, -0.05) is 30.1 Å². The van der Waals surface area contributed by atoms with Crippen molar-refractivity contribution in [2.24, 2.45) is 5.92 Å². The Morgan fingerprint density at radius 3 is 2.58 bits per heavy atom. The number of anilines is 1. The molecule has 0 aliphatic carbocycles. The molecule has 24 heavy (non-hydrogen) atoms. The zero-order valence-corrected chi connectivity index (χ0v) is 16.1. The second kappa shape index (κ2) is 9.47. The van der Waals surface area contributed by atoms with Crippen molar-refractivity contribution in [3.05, 3.63) is 58.3 Å². The average molecular weight is 403 g/mol. The second-order valence-electron chi connectivity index (χ2n) is 5.33. The molecule has 2 aromatic rings. The van der Waals surface area contributed by atoms with E-state index in [9.17, 15) is 4.39 Å². The summed E-state index contributed by atoms with van der Waals surface area (Å²) in [4.78, 5) is 1.19. The smallest absolute Gasteiger partial charge is 0.170 e. The molecule has 0 saturated carbocycles. The molecule has 1 atom stereocenters. The van der Waals surface area contributed by atoms with E-state index in [0.717, 1.165) is 17.3 Å². The van der Waals surface area contributed by atoms with Gasteiger partial charge < -0.3 is 10.6 Å². The second-order valence-corrected chi connectivity index (χ2v) is 7.68. The molecule has 2 aromatic carbocycles. The van der Waals surface area contributed by atoms with E-state index in [1.54, 1.807) is 17.8 Å². The highest BCUT2D eigenvalue weighted by Gasteiger charge is 2.06. The van der Waals surface area contributed by atoms with Gasteiger partial charge in [0.1, 0.15) is 5.82 Å². The zero-order valence-electron chi connectivity index (χ0n) is 13.0. The fourth-order valence-electron chi connectivity index (χ4n) is 1.84. The van der Waals surface area contributed by atoms with Gasteiger partial charge in [-0.05, 0) is 60.6 Å². The molecular weight excluding hydrogens is 386 g/mol. The van der Waals surface area contributed by atoms with Gasteiger partial charge in [-0.2, -0.15) is 0 Å². The van der Waals surface area contributed by atoms with Gasteiger partial charge >= 0.3 is 0 Å². The lowest BCUT2D eigenvalue weighted by atomic mass is 10.2. The maximum atomic E-state index is 13.1. The van der Waals surface area contributed by atoms with E-state index in [1.165, 1.54) is 17.0 Å². The van der Waals surface area contributed by atoms with Crippen molar-refractivity contribution in [2.75, 3.05) is 17.6 Å². The van der Waals surface area contributed by atoms with Crippen LogP contribution in [0.25, 0.3) is 0 Å². The normalized spacial score (nSPS) is 11.8. The van der Waals surface area contributed by atoms with Crippen LogP contribution in [0.3, 0.4) is 0 Å². The SMILES string of the molecule is C[C@H](CNC(=S)Nc1ccc(F)c(Cl)c1)CSc1ccc(Cl)cc1. The predicted molar refractivity (Wildman–Crippen MR) is 107 cm³/mol. The van der Waals surface area contributed by atoms with Gasteiger partial charge in [0.2, 0.25) is 0 Å². The van der Waals surface area contributed by atoms with Crippen LogP contribution in [0.4, 0.5) is 10.1 Å². The Kier molecular flexibility index (Phi) is 7.62. The van der Waals surface area contributed by atoms with Crippen LogP contribution in [0.2, 0.25) is 10.0 Å². The minimum Gasteiger partial charge on any atom is -0.362 e. The van der Waals surface area contributed by atoms with Crippen LogP contribution in [0, 0.1) is 11.7 Å². The van der Waals surface area contributed by atoms with Crippen LogP contribution in [0.1, 0.15) is 6.92 Å². The van der Waals surface area contributed by atoms with Crippen LogP contribution in [-0.2, 0) is 0 Å². The number of thiocarbonyl (C=S) groups is 1. The maximum Gasteiger partial charge on any atom is 0.170 e. The maximum absolute atomic E-state index is 13.1. The summed E-state index contributed by atoms with van der Waals surface area (Å²) in [5.41, 5.74) is 0.655. The quantitative estimate of drug-likeness (QED) is 0.467. The topological polar surface area (TPSA) is 24.1 Å². The highest BCUT2D eigenvalue weighted by atomic mass is 35.5. The van der Waals surface area contributed by atoms with Gasteiger partial charge in [0.25, 0.3) is 0 Å². The van der Waals surface area contributed by atoms with Gasteiger partial charge in [0, 0.05) is 27.9 Å². The lowest BCUT2D eigenvalue weighted by molar-refractivity contribution is 0.628. The zero-order chi connectivity index (χ0) is 17.5. The van der Waals surface area contributed by atoms with Crippen LogP contribution < -0.4 is 10.6 Å². The largest absolute Gasteiger partial charge is 0.362 e. The van der Waals surface area contributed by atoms with E-state index in [1.807, 2.05) is 24.3 Å². The summed E-state index contributed by atoms with van der Waals surface area (Å²) in [5, 5.41) is 7.45. The molecule has 0 bridgehead atoms. The summed E-state index contributed by atoms with van der Waals surface area (Å²) >= 11 is 18.6. The van der Waals surface area contributed by atoms with Gasteiger partial charge in [-0.15, -0.1) is 11.8 Å². The van der Waals surface area contributed by atoms with Crippen molar-refractivity contribution >= 4 is 58.0 Å². The molecule has 0 aliphatic rings. The first kappa shape index (κ1) is 19.3.